The molecule has 2 aromatic carbocycles. The molecule has 2 atom stereocenters. The van der Waals surface area contributed by atoms with Crippen molar-refractivity contribution >= 4 is 15.9 Å². The molecule has 2 N–H and O–H groups in total. The van der Waals surface area contributed by atoms with Gasteiger partial charge in [0.2, 0.25) is 0 Å². The molecule has 0 fully saturated rings. The van der Waals surface area contributed by atoms with Gasteiger partial charge in [-0.05, 0) is 60.7 Å². The van der Waals surface area contributed by atoms with Gasteiger partial charge < -0.3 is 10.4 Å². The molecular weight excluding hydrogens is 314 g/mol. The maximum Gasteiger partial charge on any atom is 0.115 e. The molecule has 104 valence electrons. The van der Waals surface area contributed by atoms with Gasteiger partial charge in [0.1, 0.15) is 5.75 Å². The SMILES string of the molecule is CC(NC1CCc2cc(O)ccc21)c1ccc(Br)cc1. The third-order valence-electron chi connectivity index (χ3n) is 4.03. The number of aromatic hydroxyl groups is 1. The maximum absolute atomic E-state index is 9.54. The highest BCUT2D eigenvalue weighted by Crippen LogP contribution is 2.34. The van der Waals surface area contributed by atoms with Crippen molar-refractivity contribution in [3.63, 3.8) is 0 Å². The second-order valence-corrected chi connectivity index (χ2v) is 6.33. The van der Waals surface area contributed by atoms with Crippen LogP contribution in [0.1, 0.15) is 42.1 Å². The Balaban J connectivity index is 1.75. The van der Waals surface area contributed by atoms with Crippen molar-refractivity contribution in [2.24, 2.45) is 0 Å². The lowest BCUT2D eigenvalue weighted by Gasteiger charge is -2.21. The summed E-state index contributed by atoms with van der Waals surface area (Å²) >= 11 is 3.47. The Morgan fingerprint density at radius 2 is 1.95 bits per heavy atom. The van der Waals surface area contributed by atoms with E-state index in [1.165, 1.54) is 16.7 Å². The molecule has 0 spiro atoms. The summed E-state index contributed by atoms with van der Waals surface area (Å²) in [5.74, 6) is 0.366. The Morgan fingerprint density at radius 3 is 2.70 bits per heavy atom. The van der Waals surface area contributed by atoms with Crippen molar-refractivity contribution in [1.29, 1.82) is 0 Å². The summed E-state index contributed by atoms with van der Waals surface area (Å²) < 4.78 is 1.11. The van der Waals surface area contributed by atoms with Crippen LogP contribution in [0.25, 0.3) is 0 Å². The molecule has 0 radical (unpaired) electrons. The molecule has 1 aliphatic carbocycles. The van der Waals surface area contributed by atoms with E-state index in [0.717, 1.165) is 17.3 Å². The average Bonchev–Trinajstić information content (AvgIpc) is 2.81. The molecule has 0 saturated carbocycles. The number of phenols is 1. The molecule has 2 nitrogen and oxygen atoms in total. The minimum absolute atomic E-state index is 0.313. The summed E-state index contributed by atoms with van der Waals surface area (Å²) in [5.41, 5.74) is 3.89. The lowest BCUT2D eigenvalue weighted by Crippen LogP contribution is -2.22. The van der Waals surface area contributed by atoms with Gasteiger partial charge in [-0.1, -0.05) is 34.1 Å². The summed E-state index contributed by atoms with van der Waals surface area (Å²) in [7, 11) is 0. The van der Waals surface area contributed by atoms with Gasteiger partial charge in [0, 0.05) is 16.6 Å². The Kier molecular flexibility index (Phi) is 3.81. The predicted octanol–water partition coefficient (Wildman–Crippen LogP) is 4.49. The second kappa shape index (κ2) is 5.58. The first-order chi connectivity index (χ1) is 9.63. The van der Waals surface area contributed by atoms with Crippen LogP contribution in [0.2, 0.25) is 0 Å². The van der Waals surface area contributed by atoms with Crippen LogP contribution in [0.3, 0.4) is 0 Å². The predicted molar refractivity (Wildman–Crippen MR) is 84.9 cm³/mol. The number of nitrogens with one attached hydrogen (secondary N) is 1. The number of hydrogen-bond donors (Lipinski definition) is 2. The Bertz CT molecular complexity index is 609. The van der Waals surface area contributed by atoms with Crippen molar-refractivity contribution < 1.29 is 5.11 Å². The molecule has 3 rings (SSSR count). The van der Waals surface area contributed by atoms with Crippen LogP contribution in [0, 0.1) is 0 Å². The molecule has 20 heavy (non-hydrogen) atoms. The average molecular weight is 332 g/mol. The maximum atomic E-state index is 9.54. The summed E-state index contributed by atoms with van der Waals surface area (Å²) in [5, 5.41) is 13.2. The fourth-order valence-corrected chi connectivity index (χ4v) is 3.19. The number of hydrogen-bond acceptors (Lipinski definition) is 2. The van der Waals surface area contributed by atoms with Crippen LogP contribution >= 0.6 is 15.9 Å². The standard InChI is InChI=1S/C17H18BrNO/c1-11(12-2-5-14(18)6-3-12)19-17-9-4-13-10-15(20)7-8-16(13)17/h2-3,5-8,10-11,17,19-20H,4,9H2,1H3. The van der Waals surface area contributed by atoms with Gasteiger partial charge in [0.25, 0.3) is 0 Å². The highest BCUT2D eigenvalue weighted by atomic mass is 79.9. The molecule has 2 unspecified atom stereocenters. The second-order valence-electron chi connectivity index (χ2n) is 5.41. The van der Waals surface area contributed by atoms with E-state index >= 15 is 0 Å². The summed E-state index contributed by atoms with van der Waals surface area (Å²) in [4.78, 5) is 0. The minimum atomic E-state index is 0.313. The van der Waals surface area contributed by atoms with Gasteiger partial charge in [0.05, 0.1) is 0 Å². The zero-order valence-electron chi connectivity index (χ0n) is 11.4. The van der Waals surface area contributed by atoms with Crippen molar-refractivity contribution in [3.05, 3.63) is 63.6 Å². The van der Waals surface area contributed by atoms with Crippen LogP contribution in [-0.4, -0.2) is 5.11 Å². The van der Waals surface area contributed by atoms with Crippen LogP contribution in [0.15, 0.2) is 46.9 Å². The van der Waals surface area contributed by atoms with E-state index in [4.69, 9.17) is 0 Å². The first-order valence-electron chi connectivity index (χ1n) is 6.97. The third kappa shape index (κ3) is 2.74. The van der Waals surface area contributed by atoms with Crippen molar-refractivity contribution in [3.8, 4) is 5.75 Å². The molecule has 1 aliphatic rings. The largest absolute Gasteiger partial charge is 0.508 e. The van der Waals surface area contributed by atoms with E-state index in [0.29, 0.717) is 17.8 Å². The minimum Gasteiger partial charge on any atom is -0.508 e. The van der Waals surface area contributed by atoms with Gasteiger partial charge in [-0.2, -0.15) is 0 Å². The fraction of sp³-hybridized carbons (Fsp3) is 0.294. The smallest absolute Gasteiger partial charge is 0.115 e. The normalized spacial score (nSPS) is 18.8. The van der Waals surface area contributed by atoms with Gasteiger partial charge >= 0.3 is 0 Å². The van der Waals surface area contributed by atoms with E-state index < -0.39 is 0 Å². The molecular formula is C17H18BrNO. The van der Waals surface area contributed by atoms with Gasteiger partial charge in [-0.15, -0.1) is 0 Å². The Labute approximate surface area is 128 Å². The van der Waals surface area contributed by atoms with Crippen molar-refractivity contribution in [1.82, 2.24) is 5.32 Å². The quantitative estimate of drug-likeness (QED) is 0.868. The monoisotopic (exact) mass is 331 g/mol. The summed E-state index contributed by atoms with van der Waals surface area (Å²) in [6.45, 7) is 2.20. The van der Waals surface area contributed by atoms with Gasteiger partial charge in [0.15, 0.2) is 0 Å². The fourth-order valence-electron chi connectivity index (χ4n) is 2.93. The molecule has 0 bridgehead atoms. The van der Waals surface area contributed by atoms with Crippen molar-refractivity contribution in [2.75, 3.05) is 0 Å². The third-order valence-corrected chi connectivity index (χ3v) is 4.55. The Morgan fingerprint density at radius 1 is 1.20 bits per heavy atom. The topological polar surface area (TPSA) is 32.3 Å². The van der Waals surface area contributed by atoms with Crippen LogP contribution in [-0.2, 0) is 6.42 Å². The number of halogens is 1. The molecule has 0 amide bonds. The number of benzene rings is 2. The number of rotatable bonds is 3. The number of fused-ring (bicyclic) bond motifs is 1. The summed E-state index contributed by atoms with van der Waals surface area (Å²) in [6.07, 6.45) is 2.13. The molecule has 3 heteroatoms. The van der Waals surface area contributed by atoms with Crippen molar-refractivity contribution in [2.45, 2.75) is 31.8 Å². The number of phenolic OH excluding ortho intramolecular Hbond substituents is 1. The lowest BCUT2D eigenvalue weighted by atomic mass is 10.0. The molecule has 0 aromatic heterocycles. The highest BCUT2D eigenvalue weighted by molar-refractivity contribution is 9.10. The van der Waals surface area contributed by atoms with E-state index in [1.807, 2.05) is 12.1 Å². The zero-order valence-corrected chi connectivity index (χ0v) is 13.0. The molecule has 2 aromatic rings. The lowest BCUT2D eigenvalue weighted by molar-refractivity contribution is 0.464. The first kappa shape index (κ1) is 13.7. The van der Waals surface area contributed by atoms with Gasteiger partial charge in [-0.25, -0.2) is 0 Å². The van der Waals surface area contributed by atoms with Crippen LogP contribution in [0.4, 0.5) is 0 Å². The Hall–Kier alpha value is -1.32. The zero-order chi connectivity index (χ0) is 14.1. The first-order valence-corrected chi connectivity index (χ1v) is 7.76. The van der Waals surface area contributed by atoms with Crippen LogP contribution in [0.5, 0.6) is 5.75 Å². The highest BCUT2D eigenvalue weighted by Gasteiger charge is 2.24. The van der Waals surface area contributed by atoms with E-state index in [2.05, 4.69) is 52.4 Å². The number of aryl methyl sites for hydroxylation is 1. The van der Waals surface area contributed by atoms with E-state index in [9.17, 15) is 5.11 Å². The molecule has 0 aliphatic heterocycles. The van der Waals surface area contributed by atoms with Gasteiger partial charge in [-0.3, -0.25) is 0 Å². The van der Waals surface area contributed by atoms with E-state index in [-0.39, 0.29) is 0 Å². The van der Waals surface area contributed by atoms with E-state index in [1.54, 1.807) is 6.07 Å². The van der Waals surface area contributed by atoms with Crippen LogP contribution < -0.4 is 5.32 Å². The summed E-state index contributed by atoms with van der Waals surface area (Å²) in [6, 6.07) is 14.9. The molecule has 0 heterocycles. The molecule has 0 saturated heterocycles.